The maximum Gasteiger partial charge on any atom is 0.243 e. The number of fused-ring (bicyclic) bond motifs is 3. The third-order valence-corrected chi connectivity index (χ3v) is 10.3. The smallest absolute Gasteiger partial charge is 0.243 e. The second-order valence-corrected chi connectivity index (χ2v) is 14.3. The van der Waals surface area contributed by atoms with Gasteiger partial charge in [0.2, 0.25) is 10.0 Å². The summed E-state index contributed by atoms with van der Waals surface area (Å²) in [6.45, 7) is 9.23. The first kappa shape index (κ1) is 25.6. The Morgan fingerprint density at radius 1 is 0.972 bits per heavy atom. The summed E-state index contributed by atoms with van der Waals surface area (Å²) in [4.78, 5) is 17.2. The summed E-state index contributed by atoms with van der Waals surface area (Å²) in [7, 11) is 0.533. The zero-order chi connectivity index (χ0) is 25.7. The van der Waals surface area contributed by atoms with Gasteiger partial charge in [-0.15, -0.1) is 11.3 Å². The van der Waals surface area contributed by atoms with E-state index in [4.69, 9.17) is 9.97 Å². The first-order valence-electron chi connectivity index (χ1n) is 12.9. The largest absolute Gasteiger partial charge is 0.353 e. The van der Waals surface area contributed by atoms with Crippen molar-refractivity contribution in [1.82, 2.24) is 19.2 Å². The van der Waals surface area contributed by atoms with Gasteiger partial charge >= 0.3 is 0 Å². The van der Waals surface area contributed by atoms with Crippen LogP contribution in [0.25, 0.3) is 10.2 Å². The number of rotatable bonds is 5. The Morgan fingerprint density at radius 3 is 2.28 bits per heavy atom. The van der Waals surface area contributed by atoms with Crippen molar-refractivity contribution in [1.29, 1.82) is 0 Å². The van der Waals surface area contributed by atoms with Crippen molar-refractivity contribution in [3.8, 4) is 0 Å². The highest BCUT2D eigenvalue weighted by molar-refractivity contribution is 7.89. The first-order chi connectivity index (χ1) is 17.0. The molecule has 0 spiro atoms. The van der Waals surface area contributed by atoms with E-state index >= 15 is 0 Å². The maximum atomic E-state index is 13.4. The van der Waals surface area contributed by atoms with Gasteiger partial charge in [-0.1, -0.05) is 32.9 Å². The zero-order valence-corrected chi connectivity index (χ0v) is 23.7. The van der Waals surface area contributed by atoms with Gasteiger partial charge in [-0.25, -0.2) is 18.4 Å². The topological polar surface area (TPSA) is 69.6 Å². The van der Waals surface area contributed by atoms with Gasteiger partial charge in [0.05, 0.1) is 16.8 Å². The van der Waals surface area contributed by atoms with E-state index in [2.05, 4.69) is 30.6 Å². The lowest BCUT2D eigenvalue weighted by Crippen LogP contribution is -2.49. The molecule has 0 amide bonds. The molecule has 7 nitrogen and oxygen atoms in total. The molecule has 194 valence electrons. The molecule has 2 aromatic heterocycles. The predicted molar refractivity (Wildman–Crippen MR) is 148 cm³/mol. The van der Waals surface area contributed by atoms with Crippen LogP contribution >= 0.6 is 11.3 Å². The molecule has 1 aromatic carbocycles. The minimum Gasteiger partial charge on any atom is -0.353 e. The van der Waals surface area contributed by atoms with Gasteiger partial charge in [-0.05, 0) is 68.5 Å². The van der Waals surface area contributed by atoms with Crippen LogP contribution in [0, 0.1) is 0 Å². The molecule has 1 saturated heterocycles. The van der Waals surface area contributed by atoms with Crippen molar-refractivity contribution in [2.24, 2.45) is 0 Å². The highest BCUT2D eigenvalue weighted by Crippen LogP contribution is 2.40. The molecule has 0 unspecified atom stereocenters. The van der Waals surface area contributed by atoms with Gasteiger partial charge in [0, 0.05) is 31.1 Å². The molecule has 2 aliphatic rings. The molecule has 1 fully saturated rings. The summed E-state index contributed by atoms with van der Waals surface area (Å²) in [6, 6.07) is 7.38. The van der Waals surface area contributed by atoms with Crippen LogP contribution in [0.3, 0.4) is 0 Å². The average Bonchev–Trinajstić information content (AvgIpc) is 3.21. The van der Waals surface area contributed by atoms with E-state index in [1.165, 1.54) is 28.7 Å². The molecular formula is C27H37N5O2S2. The van der Waals surface area contributed by atoms with Crippen molar-refractivity contribution >= 4 is 37.4 Å². The zero-order valence-electron chi connectivity index (χ0n) is 22.0. The second-order valence-electron chi connectivity index (χ2n) is 11.3. The van der Waals surface area contributed by atoms with Crippen molar-refractivity contribution in [3.05, 3.63) is 46.1 Å². The average molecular weight is 528 g/mol. The van der Waals surface area contributed by atoms with Crippen LogP contribution in [0.2, 0.25) is 0 Å². The molecule has 36 heavy (non-hydrogen) atoms. The lowest BCUT2D eigenvalue weighted by molar-refractivity contribution is 0.381. The number of anilines is 1. The van der Waals surface area contributed by atoms with Crippen LogP contribution in [0.4, 0.5) is 5.82 Å². The van der Waals surface area contributed by atoms with Gasteiger partial charge in [0.1, 0.15) is 16.5 Å². The highest BCUT2D eigenvalue weighted by atomic mass is 32.2. The van der Waals surface area contributed by atoms with Gasteiger partial charge in [-0.3, -0.25) is 0 Å². The fourth-order valence-electron chi connectivity index (χ4n) is 5.18. The monoisotopic (exact) mass is 527 g/mol. The van der Waals surface area contributed by atoms with E-state index in [1.54, 1.807) is 16.4 Å². The van der Waals surface area contributed by atoms with E-state index < -0.39 is 10.0 Å². The summed E-state index contributed by atoms with van der Waals surface area (Å²) in [5.74, 6) is 1.82. The van der Waals surface area contributed by atoms with E-state index in [0.717, 1.165) is 34.9 Å². The number of nitrogens with zero attached hydrogens (tertiary/aromatic N) is 5. The molecule has 0 N–H and O–H groups in total. The van der Waals surface area contributed by atoms with Crippen LogP contribution in [0.1, 0.15) is 55.4 Å². The van der Waals surface area contributed by atoms with Crippen LogP contribution in [0.5, 0.6) is 0 Å². The highest BCUT2D eigenvalue weighted by Gasteiger charge is 2.31. The van der Waals surface area contributed by atoms with E-state index in [9.17, 15) is 8.42 Å². The summed E-state index contributed by atoms with van der Waals surface area (Å²) in [6.07, 6.45) is 4.65. The molecule has 9 heteroatoms. The minimum atomic E-state index is -3.53. The van der Waals surface area contributed by atoms with Gasteiger partial charge in [-0.2, -0.15) is 4.31 Å². The molecule has 0 bridgehead atoms. The molecule has 1 aliphatic heterocycles. The number of aryl methyl sites for hydroxylation is 2. The Hall–Kier alpha value is -2.07. The van der Waals surface area contributed by atoms with Gasteiger partial charge in [0.15, 0.2) is 0 Å². The Bertz CT molecular complexity index is 1350. The van der Waals surface area contributed by atoms with E-state index in [0.29, 0.717) is 37.6 Å². The predicted octanol–water partition coefficient (Wildman–Crippen LogP) is 4.44. The number of aromatic nitrogens is 2. The van der Waals surface area contributed by atoms with E-state index in [1.807, 2.05) is 37.6 Å². The SMILES string of the molecule is CN(C)Cc1nc(N2CCN(S(=O)(=O)c3ccc(C(C)(C)C)cc3)CC2)c2c3c(sc2n1)CCCC3. The standard InChI is InChI=1S/C27H37N5O2S2/c1-27(2,3)19-10-12-20(13-11-19)36(33,34)32-16-14-31(15-17-32)25-24-21-8-6-7-9-22(21)35-26(24)29-23(28-25)18-30(4)5/h10-13H,6-9,14-18H2,1-5H3. The maximum absolute atomic E-state index is 13.4. The summed E-state index contributed by atoms with van der Waals surface area (Å²) in [5.41, 5.74) is 2.54. The number of piperazine rings is 1. The fourth-order valence-corrected chi connectivity index (χ4v) is 7.88. The Labute approximate surface area is 219 Å². The quantitative estimate of drug-likeness (QED) is 0.489. The lowest BCUT2D eigenvalue weighted by Gasteiger charge is -2.35. The van der Waals surface area contributed by atoms with Crippen LogP contribution in [-0.4, -0.2) is 67.9 Å². The number of hydrogen-bond acceptors (Lipinski definition) is 7. The van der Waals surface area contributed by atoms with Crippen LogP contribution in [0.15, 0.2) is 29.2 Å². The van der Waals surface area contributed by atoms with Gasteiger partial charge < -0.3 is 9.80 Å². The normalized spacial score (nSPS) is 17.7. The minimum absolute atomic E-state index is 0.0108. The molecule has 3 heterocycles. The molecule has 3 aromatic rings. The number of hydrogen-bond donors (Lipinski definition) is 0. The second kappa shape index (κ2) is 9.67. The number of sulfonamides is 1. The van der Waals surface area contributed by atoms with Crippen molar-refractivity contribution < 1.29 is 8.42 Å². The molecule has 0 saturated carbocycles. The molecular weight excluding hydrogens is 490 g/mol. The fraction of sp³-hybridized carbons (Fsp3) is 0.556. The van der Waals surface area contributed by atoms with Crippen LogP contribution < -0.4 is 4.90 Å². The van der Waals surface area contributed by atoms with Crippen molar-refractivity contribution in [3.63, 3.8) is 0 Å². The van der Waals surface area contributed by atoms with Crippen molar-refractivity contribution in [2.75, 3.05) is 45.2 Å². The summed E-state index contributed by atoms with van der Waals surface area (Å²) < 4.78 is 28.4. The van der Waals surface area contributed by atoms with Crippen molar-refractivity contribution in [2.45, 2.75) is 63.3 Å². The third kappa shape index (κ3) is 4.90. The molecule has 1 aliphatic carbocycles. The van der Waals surface area contributed by atoms with Crippen LogP contribution in [-0.2, 0) is 34.8 Å². The Morgan fingerprint density at radius 2 is 1.64 bits per heavy atom. The molecule has 5 rings (SSSR count). The molecule has 0 atom stereocenters. The number of benzene rings is 1. The summed E-state index contributed by atoms with van der Waals surface area (Å²) >= 11 is 1.82. The molecule has 0 radical (unpaired) electrons. The Balaban J connectivity index is 1.41. The number of thiophene rings is 1. The van der Waals surface area contributed by atoms with Gasteiger partial charge in [0.25, 0.3) is 0 Å². The summed E-state index contributed by atoms with van der Waals surface area (Å²) in [5, 5.41) is 1.20. The third-order valence-electron chi connectivity index (χ3n) is 7.20. The van der Waals surface area contributed by atoms with E-state index in [-0.39, 0.29) is 5.41 Å². The first-order valence-corrected chi connectivity index (χ1v) is 15.1. The Kier molecular flexibility index (Phi) is 6.87. The lowest BCUT2D eigenvalue weighted by atomic mass is 9.87.